The van der Waals surface area contributed by atoms with E-state index in [0.29, 0.717) is 37.8 Å². The number of nitrogens with one attached hydrogen (secondary N) is 1. The summed E-state index contributed by atoms with van der Waals surface area (Å²) >= 11 is 0. The van der Waals surface area contributed by atoms with Gasteiger partial charge in [-0.25, -0.2) is 0 Å². The van der Waals surface area contributed by atoms with Crippen LogP contribution in [0.25, 0.3) is 0 Å². The van der Waals surface area contributed by atoms with Crippen LogP contribution in [0.3, 0.4) is 0 Å². The van der Waals surface area contributed by atoms with Gasteiger partial charge in [0.2, 0.25) is 0 Å². The third-order valence-corrected chi connectivity index (χ3v) is 4.87. The second-order valence-electron chi connectivity index (χ2n) is 6.85. The molecular weight excluding hydrogens is 348 g/mol. The van der Waals surface area contributed by atoms with Gasteiger partial charge in [-0.2, -0.15) is 5.10 Å². The van der Waals surface area contributed by atoms with Crippen molar-refractivity contribution in [2.75, 3.05) is 73.2 Å². The summed E-state index contributed by atoms with van der Waals surface area (Å²) < 4.78 is 16.4. The Labute approximate surface area is 160 Å². The standard InChI is InChI=1S/C19H28N4O4/c1-21-5-7-23(8-6-21)20-14-16-3-4-17(18(13-16)25-2)27-15-19(24)22-9-11-26-12-10-22/h3-4,13-14H,5-12,15H2,1-2H3/p+1/b20-14-. The Morgan fingerprint density at radius 1 is 1.22 bits per heavy atom. The molecule has 1 aromatic carbocycles. The number of amides is 1. The first-order valence-electron chi connectivity index (χ1n) is 9.42. The highest BCUT2D eigenvalue weighted by Gasteiger charge is 2.18. The molecule has 148 valence electrons. The quantitative estimate of drug-likeness (QED) is 0.651. The van der Waals surface area contributed by atoms with Gasteiger partial charge in [-0.3, -0.25) is 9.80 Å². The Bertz CT molecular complexity index is 653. The van der Waals surface area contributed by atoms with Gasteiger partial charge in [-0.1, -0.05) is 0 Å². The van der Waals surface area contributed by atoms with Gasteiger partial charge in [-0.15, -0.1) is 0 Å². The number of rotatable bonds is 6. The largest absolute Gasteiger partial charge is 0.493 e. The third-order valence-electron chi connectivity index (χ3n) is 4.87. The number of quaternary nitrogens is 1. The van der Waals surface area contributed by atoms with Gasteiger partial charge < -0.3 is 24.0 Å². The molecule has 0 bridgehead atoms. The molecule has 0 aliphatic carbocycles. The summed E-state index contributed by atoms with van der Waals surface area (Å²) in [7, 11) is 3.80. The van der Waals surface area contributed by atoms with E-state index < -0.39 is 0 Å². The zero-order valence-corrected chi connectivity index (χ0v) is 16.1. The van der Waals surface area contributed by atoms with E-state index in [4.69, 9.17) is 14.2 Å². The van der Waals surface area contributed by atoms with Gasteiger partial charge in [-0.05, 0) is 23.8 Å². The first-order valence-corrected chi connectivity index (χ1v) is 9.42. The number of hydrazone groups is 1. The lowest BCUT2D eigenvalue weighted by Gasteiger charge is -2.27. The van der Waals surface area contributed by atoms with Gasteiger partial charge in [0.05, 0.1) is 59.8 Å². The van der Waals surface area contributed by atoms with E-state index in [1.807, 2.05) is 24.4 Å². The Balaban J connectivity index is 1.56. The number of nitrogens with zero attached hydrogens (tertiary/aromatic N) is 3. The fourth-order valence-corrected chi connectivity index (χ4v) is 3.07. The van der Waals surface area contributed by atoms with Gasteiger partial charge in [0.25, 0.3) is 5.91 Å². The number of hydrogen-bond acceptors (Lipinski definition) is 6. The number of ether oxygens (including phenoxy) is 3. The van der Waals surface area contributed by atoms with Gasteiger partial charge >= 0.3 is 0 Å². The topological polar surface area (TPSA) is 68.0 Å². The number of methoxy groups -OCH3 is 1. The summed E-state index contributed by atoms with van der Waals surface area (Å²) in [4.78, 5) is 15.5. The molecule has 27 heavy (non-hydrogen) atoms. The molecule has 0 radical (unpaired) electrons. The fourth-order valence-electron chi connectivity index (χ4n) is 3.07. The summed E-state index contributed by atoms with van der Waals surface area (Å²) in [5.74, 6) is 1.11. The Morgan fingerprint density at radius 2 is 1.96 bits per heavy atom. The molecule has 2 fully saturated rings. The van der Waals surface area contributed by atoms with Crippen LogP contribution in [0.2, 0.25) is 0 Å². The van der Waals surface area contributed by atoms with Crippen LogP contribution < -0.4 is 14.4 Å². The summed E-state index contributed by atoms with van der Waals surface area (Å²) in [6.07, 6.45) is 1.84. The molecule has 1 amide bonds. The number of hydrogen-bond donors (Lipinski definition) is 1. The van der Waals surface area contributed by atoms with Gasteiger partial charge in [0.15, 0.2) is 18.1 Å². The highest BCUT2D eigenvalue weighted by Crippen LogP contribution is 2.27. The molecule has 2 saturated heterocycles. The van der Waals surface area contributed by atoms with E-state index in [0.717, 1.165) is 31.7 Å². The highest BCUT2D eigenvalue weighted by molar-refractivity contribution is 5.81. The number of carbonyl (C=O) groups excluding carboxylic acids is 1. The Kier molecular flexibility index (Phi) is 6.89. The van der Waals surface area contributed by atoms with E-state index in [1.54, 1.807) is 12.0 Å². The number of piperazine rings is 1. The summed E-state index contributed by atoms with van der Waals surface area (Å²) in [5.41, 5.74) is 0.935. The van der Waals surface area contributed by atoms with E-state index in [2.05, 4.69) is 17.2 Å². The zero-order chi connectivity index (χ0) is 19.1. The number of morpholine rings is 1. The maximum atomic E-state index is 12.2. The second kappa shape index (κ2) is 9.57. The maximum absolute atomic E-state index is 12.2. The monoisotopic (exact) mass is 377 g/mol. The Morgan fingerprint density at radius 3 is 2.67 bits per heavy atom. The SMILES string of the molecule is COc1cc(/C=N\N2CC[NH+](C)CC2)ccc1OCC(=O)N1CCOCC1. The smallest absolute Gasteiger partial charge is 0.260 e. The molecule has 1 aromatic rings. The number of carbonyl (C=O) groups is 1. The maximum Gasteiger partial charge on any atom is 0.260 e. The molecule has 2 aliphatic rings. The molecule has 0 atom stereocenters. The number of likely N-dealkylation sites (N-methyl/N-ethyl adjacent to an activating group) is 1. The normalized spacial score (nSPS) is 18.7. The summed E-state index contributed by atoms with van der Waals surface area (Å²) in [6, 6.07) is 5.61. The molecule has 1 N–H and O–H groups in total. The van der Waals surface area contributed by atoms with Crippen molar-refractivity contribution < 1.29 is 23.9 Å². The molecule has 0 spiro atoms. The molecule has 8 heteroatoms. The molecule has 2 aliphatic heterocycles. The van der Waals surface area contributed by atoms with Crippen molar-refractivity contribution in [2.24, 2.45) is 5.10 Å². The van der Waals surface area contributed by atoms with Crippen LogP contribution in [0.15, 0.2) is 23.3 Å². The van der Waals surface area contributed by atoms with Crippen molar-refractivity contribution in [2.45, 2.75) is 0 Å². The molecule has 0 aromatic heterocycles. The summed E-state index contributed by atoms with van der Waals surface area (Å²) in [6.45, 7) is 6.51. The van der Waals surface area contributed by atoms with Crippen molar-refractivity contribution in [1.29, 1.82) is 0 Å². The van der Waals surface area contributed by atoms with E-state index in [1.165, 1.54) is 4.90 Å². The van der Waals surface area contributed by atoms with E-state index in [9.17, 15) is 4.79 Å². The second-order valence-corrected chi connectivity index (χ2v) is 6.85. The molecule has 2 heterocycles. The van der Waals surface area contributed by atoms with Gasteiger partial charge in [0, 0.05) is 13.1 Å². The summed E-state index contributed by atoms with van der Waals surface area (Å²) in [5, 5.41) is 6.64. The van der Waals surface area contributed by atoms with E-state index >= 15 is 0 Å². The van der Waals surface area contributed by atoms with Crippen LogP contribution in [-0.4, -0.2) is 95.3 Å². The minimum absolute atomic E-state index is 0.00652. The minimum Gasteiger partial charge on any atom is -0.493 e. The minimum atomic E-state index is -0.0387. The van der Waals surface area contributed by atoms with Gasteiger partial charge in [0.1, 0.15) is 0 Å². The van der Waals surface area contributed by atoms with E-state index in [-0.39, 0.29) is 12.5 Å². The fraction of sp³-hybridized carbons (Fsp3) is 0.579. The lowest BCUT2D eigenvalue weighted by atomic mass is 10.2. The first kappa shape index (κ1) is 19.4. The van der Waals surface area contributed by atoms with Crippen molar-refractivity contribution in [1.82, 2.24) is 9.91 Å². The Hall–Kier alpha value is -2.32. The van der Waals surface area contributed by atoms with Crippen LogP contribution in [0.4, 0.5) is 0 Å². The molecule has 0 unspecified atom stereocenters. The van der Waals surface area contributed by atoms with Crippen LogP contribution in [0, 0.1) is 0 Å². The zero-order valence-electron chi connectivity index (χ0n) is 16.1. The van der Waals surface area contributed by atoms with Crippen LogP contribution in [0.1, 0.15) is 5.56 Å². The predicted octanol–water partition coefficient (Wildman–Crippen LogP) is -0.903. The molecule has 8 nitrogen and oxygen atoms in total. The van der Waals surface area contributed by atoms with Crippen molar-refractivity contribution in [3.8, 4) is 11.5 Å². The highest BCUT2D eigenvalue weighted by atomic mass is 16.5. The van der Waals surface area contributed by atoms with Crippen LogP contribution in [-0.2, 0) is 9.53 Å². The van der Waals surface area contributed by atoms with Crippen molar-refractivity contribution >= 4 is 12.1 Å². The van der Waals surface area contributed by atoms with Crippen molar-refractivity contribution in [3.63, 3.8) is 0 Å². The molecule has 0 saturated carbocycles. The average molecular weight is 377 g/mol. The van der Waals surface area contributed by atoms with Crippen LogP contribution in [0.5, 0.6) is 11.5 Å². The lowest BCUT2D eigenvalue weighted by molar-refractivity contribution is -0.884. The third kappa shape index (κ3) is 5.58. The first-order chi connectivity index (χ1) is 13.2. The molecular formula is C19H29N4O4+. The molecule has 3 rings (SSSR count). The average Bonchev–Trinajstić information content (AvgIpc) is 2.72. The lowest BCUT2D eigenvalue weighted by Crippen LogP contribution is -3.11. The van der Waals surface area contributed by atoms with Crippen LogP contribution >= 0.6 is 0 Å². The van der Waals surface area contributed by atoms with Crippen molar-refractivity contribution in [3.05, 3.63) is 23.8 Å². The predicted molar refractivity (Wildman–Crippen MR) is 102 cm³/mol. The number of benzene rings is 1.